The molecule has 1 aliphatic carbocycles. The van der Waals surface area contributed by atoms with Crippen LogP contribution in [0.3, 0.4) is 0 Å². The molecule has 1 saturated carbocycles. The van der Waals surface area contributed by atoms with Gasteiger partial charge in [-0.1, -0.05) is 0 Å². The van der Waals surface area contributed by atoms with Crippen LogP contribution < -0.4 is 5.73 Å². The molecule has 2 aliphatic rings. The smallest absolute Gasteiger partial charge is 0.0102 e. The molecule has 2 N–H and O–H groups in total. The lowest BCUT2D eigenvalue weighted by Gasteiger charge is -2.10. The molecule has 0 bridgehead atoms. The van der Waals surface area contributed by atoms with Gasteiger partial charge in [0.2, 0.25) is 0 Å². The highest BCUT2D eigenvalue weighted by molar-refractivity contribution is 7.99. The van der Waals surface area contributed by atoms with E-state index in [0.29, 0.717) is 11.5 Å². The van der Waals surface area contributed by atoms with E-state index in [1.165, 1.54) is 37.2 Å². The summed E-state index contributed by atoms with van der Waals surface area (Å²) in [5.74, 6) is 2.72. The molecule has 2 fully saturated rings. The first-order valence-corrected chi connectivity index (χ1v) is 5.32. The first-order valence-electron chi connectivity index (χ1n) is 4.17. The third-order valence-corrected chi connectivity index (χ3v) is 4.03. The quantitative estimate of drug-likeness (QED) is 0.578. The maximum atomic E-state index is 5.89. The molecule has 0 aromatic heterocycles. The molecule has 2 unspecified atom stereocenters. The standard InChI is InChI=1S/C8H15NS/c9-7-6-8(7)2-1-4-10-5-3-8/h7H,1-6,9H2. The highest BCUT2D eigenvalue weighted by Gasteiger charge is 2.50. The Morgan fingerprint density at radius 2 is 2.10 bits per heavy atom. The van der Waals surface area contributed by atoms with Crippen molar-refractivity contribution in [3.8, 4) is 0 Å². The van der Waals surface area contributed by atoms with Crippen LogP contribution in [0.4, 0.5) is 0 Å². The zero-order valence-electron chi connectivity index (χ0n) is 6.31. The van der Waals surface area contributed by atoms with Crippen LogP contribution in [-0.4, -0.2) is 17.5 Å². The Balaban J connectivity index is 1.95. The Morgan fingerprint density at radius 3 is 2.80 bits per heavy atom. The molecule has 0 amide bonds. The average molecular weight is 157 g/mol. The van der Waals surface area contributed by atoms with E-state index < -0.39 is 0 Å². The fraction of sp³-hybridized carbons (Fsp3) is 1.00. The van der Waals surface area contributed by atoms with Crippen molar-refractivity contribution in [1.29, 1.82) is 0 Å². The molecule has 0 radical (unpaired) electrons. The molecule has 1 spiro atoms. The van der Waals surface area contributed by atoms with Gasteiger partial charge in [0.05, 0.1) is 0 Å². The van der Waals surface area contributed by atoms with Crippen molar-refractivity contribution in [2.24, 2.45) is 11.1 Å². The van der Waals surface area contributed by atoms with Gasteiger partial charge in [0.1, 0.15) is 0 Å². The maximum absolute atomic E-state index is 5.89. The molecule has 58 valence electrons. The molecule has 10 heavy (non-hydrogen) atoms. The normalized spacial score (nSPS) is 47.1. The van der Waals surface area contributed by atoms with Gasteiger partial charge in [-0.05, 0) is 42.6 Å². The van der Waals surface area contributed by atoms with Crippen LogP contribution in [0.5, 0.6) is 0 Å². The monoisotopic (exact) mass is 157 g/mol. The second kappa shape index (κ2) is 2.42. The summed E-state index contributed by atoms with van der Waals surface area (Å²) in [6.45, 7) is 0. The lowest BCUT2D eigenvalue weighted by Crippen LogP contribution is -2.13. The number of thioether (sulfide) groups is 1. The molecular weight excluding hydrogens is 142 g/mol. The van der Waals surface area contributed by atoms with E-state index in [2.05, 4.69) is 11.8 Å². The van der Waals surface area contributed by atoms with Gasteiger partial charge in [0, 0.05) is 6.04 Å². The highest BCUT2D eigenvalue weighted by atomic mass is 32.2. The number of hydrogen-bond donors (Lipinski definition) is 1. The summed E-state index contributed by atoms with van der Waals surface area (Å²) in [5, 5.41) is 0. The lowest BCUT2D eigenvalue weighted by atomic mass is 9.97. The fourth-order valence-electron chi connectivity index (χ4n) is 1.98. The van der Waals surface area contributed by atoms with Gasteiger partial charge in [0.15, 0.2) is 0 Å². The zero-order valence-corrected chi connectivity index (χ0v) is 7.12. The second-order valence-corrected chi connectivity index (χ2v) is 4.86. The summed E-state index contributed by atoms with van der Waals surface area (Å²) in [5.41, 5.74) is 6.52. The van der Waals surface area contributed by atoms with Gasteiger partial charge in [-0.2, -0.15) is 11.8 Å². The Bertz CT molecular complexity index is 127. The van der Waals surface area contributed by atoms with Crippen LogP contribution in [0.15, 0.2) is 0 Å². The number of nitrogens with two attached hydrogens (primary N) is 1. The van der Waals surface area contributed by atoms with Crippen molar-refractivity contribution in [2.75, 3.05) is 11.5 Å². The van der Waals surface area contributed by atoms with Gasteiger partial charge in [-0.3, -0.25) is 0 Å². The van der Waals surface area contributed by atoms with E-state index >= 15 is 0 Å². The summed E-state index contributed by atoms with van der Waals surface area (Å²) < 4.78 is 0. The minimum Gasteiger partial charge on any atom is -0.327 e. The van der Waals surface area contributed by atoms with Gasteiger partial charge >= 0.3 is 0 Å². The first kappa shape index (κ1) is 6.99. The Hall–Kier alpha value is 0.310. The molecule has 1 saturated heterocycles. The molecule has 2 atom stereocenters. The molecule has 1 heterocycles. The summed E-state index contributed by atoms with van der Waals surface area (Å²) in [7, 11) is 0. The van der Waals surface area contributed by atoms with E-state index in [9.17, 15) is 0 Å². The SMILES string of the molecule is NC1CC12CCCSCC2. The number of rotatable bonds is 0. The van der Waals surface area contributed by atoms with Crippen LogP contribution in [0.2, 0.25) is 0 Å². The van der Waals surface area contributed by atoms with Crippen molar-refractivity contribution in [2.45, 2.75) is 31.7 Å². The topological polar surface area (TPSA) is 26.0 Å². The van der Waals surface area contributed by atoms with Crippen molar-refractivity contribution in [1.82, 2.24) is 0 Å². The van der Waals surface area contributed by atoms with Crippen molar-refractivity contribution < 1.29 is 0 Å². The summed E-state index contributed by atoms with van der Waals surface area (Å²) in [6.07, 6.45) is 5.51. The van der Waals surface area contributed by atoms with Crippen LogP contribution in [0.25, 0.3) is 0 Å². The largest absolute Gasteiger partial charge is 0.327 e. The predicted octanol–water partition coefficient (Wildman–Crippen LogP) is 1.62. The molecule has 2 heteroatoms. The van der Waals surface area contributed by atoms with E-state index in [1.807, 2.05) is 0 Å². The summed E-state index contributed by atoms with van der Waals surface area (Å²) >= 11 is 2.10. The molecule has 1 nitrogen and oxygen atoms in total. The van der Waals surface area contributed by atoms with Gasteiger partial charge < -0.3 is 5.73 Å². The predicted molar refractivity (Wildman–Crippen MR) is 46.2 cm³/mol. The molecule has 1 aliphatic heterocycles. The Labute approximate surface area is 66.7 Å². The van der Waals surface area contributed by atoms with Crippen LogP contribution >= 0.6 is 11.8 Å². The summed E-state index contributed by atoms with van der Waals surface area (Å²) in [6, 6.07) is 0.561. The van der Waals surface area contributed by atoms with Crippen molar-refractivity contribution >= 4 is 11.8 Å². The van der Waals surface area contributed by atoms with E-state index in [4.69, 9.17) is 5.73 Å². The Kier molecular flexibility index (Phi) is 1.69. The molecule has 0 aromatic carbocycles. The van der Waals surface area contributed by atoms with E-state index in [0.717, 1.165) is 0 Å². The third kappa shape index (κ3) is 1.08. The van der Waals surface area contributed by atoms with Crippen molar-refractivity contribution in [3.63, 3.8) is 0 Å². The Morgan fingerprint density at radius 1 is 1.30 bits per heavy atom. The van der Waals surface area contributed by atoms with E-state index in [1.54, 1.807) is 0 Å². The minimum atomic E-state index is 0.561. The van der Waals surface area contributed by atoms with Crippen molar-refractivity contribution in [3.05, 3.63) is 0 Å². The zero-order chi connectivity index (χ0) is 7.03. The molecule has 2 rings (SSSR count). The minimum absolute atomic E-state index is 0.561. The lowest BCUT2D eigenvalue weighted by molar-refractivity contribution is 0.438. The summed E-state index contributed by atoms with van der Waals surface area (Å²) in [4.78, 5) is 0. The highest BCUT2D eigenvalue weighted by Crippen LogP contribution is 2.53. The second-order valence-electron chi connectivity index (χ2n) is 3.64. The van der Waals surface area contributed by atoms with Gasteiger partial charge in [-0.15, -0.1) is 0 Å². The van der Waals surface area contributed by atoms with Crippen LogP contribution in [0, 0.1) is 5.41 Å². The first-order chi connectivity index (χ1) is 4.83. The fourth-order valence-corrected chi connectivity index (χ4v) is 3.09. The van der Waals surface area contributed by atoms with Gasteiger partial charge in [-0.25, -0.2) is 0 Å². The molecule has 0 aromatic rings. The number of hydrogen-bond acceptors (Lipinski definition) is 2. The molecular formula is C8H15NS. The van der Waals surface area contributed by atoms with Crippen LogP contribution in [0.1, 0.15) is 25.7 Å². The van der Waals surface area contributed by atoms with E-state index in [-0.39, 0.29) is 0 Å². The average Bonchev–Trinajstić information content (AvgIpc) is 2.60. The van der Waals surface area contributed by atoms with Crippen LogP contribution in [-0.2, 0) is 0 Å². The third-order valence-electron chi connectivity index (χ3n) is 2.96. The van der Waals surface area contributed by atoms with Gasteiger partial charge in [0.25, 0.3) is 0 Å². The maximum Gasteiger partial charge on any atom is 0.0102 e.